The van der Waals surface area contributed by atoms with Gasteiger partial charge in [-0.25, -0.2) is 0 Å². The predicted molar refractivity (Wildman–Crippen MR) is 68.4 cm³/mol. The Labute approximate surface area is 101 Å². The Morgan fingerprint density at radius 3 is 2.40 bits per heavy atom. The van der Waals surface area contributed by atoms with Crippen LogP contribution < -0.4 is 0 Å². The van der Waals surface area contributed by atoms with E-state index in [1.54, 1.807) is 6.26 Å². The van der Waals surface area contributed by atoms with Gasteiger partial charge in [-0.1, -0.05) is 20.8 Å². The van der Waals surface area contributed by atoms with Gasteiger partial charge in [0.25, 0.3) is 0 Å². The second-order valence-corrected chi connectivity index (χ2v) is 11.0. The Bertz CT molecular complexity index is 326. The molecule has 0 aliphatic carbocycles. The minimum atomic E-state index is -1.65. The summed E-state index contributed by atoms with van der Waals surface area (Å²) >= 11 is 3.35. The van der Waals surface area contributed by atoms with Crippen molar-refractivity contribution in [3.05, 3.63) is 22.6 Å². The average molecular weight is 291 g/mol. The molecule has 4 heteroatoms. The lowest BCUT2D eigenvalue weighted by Crippen LogP contribution is -2.40. The molecular weight excluding hydrogens is 272 g/mol. The maximum absolute atomic E-state index is 6.02. The molecule has 0 atom stereocenters. The molecule has 0 fully saturated rings. The second kappa shape index (κ2) is 4.43. The van der Waals surface area contributed by atoms with Crippen LogP contribution >= 0.6 is 15.9 Å². The van der Waals surface area contributed by atoms with Gasteiger partial charge in [0.05, 0.1) is 11.1 Å². The summed E-state index contributed by atoms with van der Waals surface area (Å²) in [6, 6.07) is 1.95. The maximum Gasteiger partial charge on any atom is 0.192 e. The second-order valence-electron chi connectivity index (χ2n) is 5.28. The summed E-state index contributed by atoms with van der Waals surface area (Å²) in [4.78, 5) is 0. The summed E-state index contributed by atoms with van der Waals surface area (Å²) < 4.78 is 12.3. The molecule has 0 aliphatic rings. The van der Waals surface area contributed by atoms with Crippen molar-refractivity contribution in [1.82, 2.24) is 0 Å². The van der Waals surface area contributed by atoms with Gasteiger partial charge in [-0.05, 0) is 40.1 Å². The van der Waals surface area contributed by atoms with Crippen molar-refractivity contribution in [2.75, 3.05) is 0 Å². The number of hydrogen-bond acceptors (Lipinski definition) is 2. The fourth-order valence-electron chi connectivity index (χ4n) is 0.898. The van der Waals surface area contributed by atoms with Crippen molar-refractivity contribution < 1.29 is 8.84 Å². The van der Waals surface area contributed by atoms with Crippen LogP contribution in [0.25, 0.3) is 0 Å². The molecular formula is C11H19BrO2Si. The third-order valence-corrected chi connectivity index (χ3v) is 7.90. The molecule has 0 saturated heterocycles. The van der Waals surface area contributed by atoms with E-state index in [1.807, 2.05) is 6.07 Å². The summed E-state index contributed by atoms with van der Waals surface area (Å²) in [5.74, 6) is 0.881. The standard InChI is InChI=1S/C11H19BrO2Si/c1-11(2,3)15(4,5)14-8-10-6-9(12)7-13-10/h6-7H,8H2,1-5H3. The van der Waals surface area contributed by atoms with E-state index in [0.717, 1.165) is 10.2 Å². The molecule has 86 valence electrons. The monoisotopic (exact) mass is 290 g/mol. The van der Waals surface area contributed by atoms with Crippen LogP contribution in [0.4, 0.5) is 0 Å². The first-order valence-corrected chi connectivity index (χ1v) is 8.79. The molecule has 0 amide bonds. The van der Waals surface area contributed by atoms with Crippen molar-refractivity contribution in [3.63, 3.8) is 0 Å². The highest BCUT2D eigenvalue weighted by molar-refractivity contribution is 9.10. The minimum absolute atomic E-state index is 0.247. The maximum atomic E-state index is 6.02. The largest absolute Gasteiger partial charge is 0.466 e. The van der Waals surface area contributed by atoms with Gasteiger partial charge in [0.1, 0.15) is 12.0 Å². The summed E-state index contributed by atoms with van der Waals surface area (Å²) in [6.45, 7) is 11.8. The Morgan fingerprint density at radius 2 is 2.00 bits per heavy atom. The van der Waals surface area contributed by atoms with Crippen LogP contribution in [0.2, 0.25) is 18.1 Å². The van der Waals surface area contributed by atoms with Gasteiger partial charge in [0.15, 0.2) is 8.32 Å². The Morgan fingerprint density at radius 1 is 1.40 bits per heavy atom. The molecule has 0 aromatic carbocycles. The highest BCUT2D eigenvalue weighted by Crippen LogP contribution is 2.37. The summed E-state index contributed by atoms with van der Waals surface area (Å²) in [6.07, 6.45) is 1.68. The van der Waals surface area contributed by atoms with Crippen LogP contribution in [0.3, 0.4) is 0 Å². The van der Waals surface area contributed by atoms with Gasteiger partial charge in [-0.15, -0.1) is 0 Å². The normalized spacial score (nSPS) is 13.2. The lowest BCUT2D eigenvalue weighted by Gasteiger charge is -2.35. The highest BCUT2D eigenvalue weighted by Gasteiger charge is 2.37. The van der Waals surface area contributed by atoms with Gasteiger partial charge in [-0.3, -0.25) is 0 Å². The molecule has 1 aromatic heterocycles. The van der Waals surface area contributed by atoms with E-state index in [4.69, 9.17) is 8.84 Å². The molecule has 1 rings (SSSR count). The summed E-state index contributed by atoms with van der Waals surface area (Å²) in [7, 11) is -1.65. The lowest BCUT2D eigenvalue weighted by atomic mass is 10.2. The van der Waals surface area contributed by atoms with E-state index in [1.165, 1.54) is 0 Å². The van der Waals surface area contributed by atoms with Gasteiger partial charge >= 0.3 is 0 Å². The molecule has 0 unspecified atom stereocenters. The van der Waals surface area contributed by atoms with E-state index in [9.17, 15) is 0 Å². The van der Waals surface area contributed by atoms with Crippen LogP contribution in [0, 0.1) is 0 Å². The van der Waals surface area contributed by atoms with Crippen LogP contribution in [0.15, 0.2) is 21.2 Å². The van der Waals surface area contributed by atoms with Gasteiger partial charge < -0.3 is 8.84 Å². The van der Waals surface area contributed by atoms with E-state index < -0.39 is 8.32 Å². The van der Waals surface area contributed by atoms with E-state index in [0.29, 0.717) is 6.61 Å². The Kier molecular flexibility index (Phi) is 3.84. The lowest BCUT2D eigenvalue weighted by molar-refractivity contribution is 0.246. The average Bonchev–Trinajstić information content (AvgIpc) is 2.46. The van der Waals surface area contributed by atoms with Crippen molar-refractivity contribution >= 4 is 24.2 Å². The van der Waals surface area contributed by atoms with E-state index in [-0.39, 0.29) is 5.04 Å². The number of halogens is 1. The third kappa shape index (κ3) is 3.47. The zero-order valence-corrected chi connectivity index (χ0v) is 12.6. The van der Waals surface area contributed by atoms with Crippen molar-refractivity contribution in [3.8, 4) is 0 Å². The molecule has 1 heterocycles. The van der Waals surface area contributed by atoms with Crippen molar-refractivity contribution in [2.24, 2.45) is 0 Å². The van der Waals surface area contributed by atoms with E-state index in [2.05, 4.69) is 49.8 Å². The predicted octanol–water partition coefficient (Wildman–Crippen LogP) is 4.56. The van der Waals surface area contributed by atoms with Crippen molar-refractivity contribution in [1.29, 1.82) is 0 Å². The van der Waals surface area contributed by atoms with Gasteiger partial charge in [0.2, 0.25) is 0 Å². The fraction of sp³-hybridized carbons (Fsp3) is 0.636. The van der Waals surface area contributed by atoms with Crippen LogP contribution in [0.1, 0.15) is 26.5 Å². The smallest absolute Gasteiger partial charge is 0.192 e. The van der Waals surface area contributed by atoms with Crippen LogP contribution in [0.5, 0.6) is 0 Å². The quantitative estimate of drug-likeness (QED) is 0.761. The molecule has 0 N–H and O–H groups in total. The van der Waals surface area contributed by atoms with Crippen LogP contribution in [-0.4, -0.2) is 8.32 Å². The first-order chi connectivity index (χ1) is 6.72. The van der Waals surface area contributed by atoms with Crippen LogP contribution in [-0.2, 0) is 11.0 Å². The number of rotatable bonds is 3. The molecule has 0 bridgehead atoms. The van der Waals surface area contributed by atoms with E-state index >= 15 is 0 Å². The van der Waals surface area contributed by atoms with Crippen molar-refractivity contribution in [2.45, 2.75) is 45.5 Å². The molecule has 0 aliphatic heterocycles. The molecule has 0 spiro atoms. The number of furan rings is 1. The number of hydrogen-bond donors (Lipinski definition) is 0. The Hall–Kier alpha value is -0.0631. The SMILES string of the molecule is CC(C)(C)[Si](C)(C)OCc1cc(Br)co1. The summed E-state index contributed by atoms with van der Waals surface area (Å²) in [5.41, 5.74) is 0. The summed E-state index contributed by atoms with van der Waals surface area (Å²) in [5, 5.41) is 0.247. The third-order valence-electron chi connectivity index (χ3n) is 3.00. The first-order valence-electron chi connectivity index (χ1n) is 5.09. The Balaban J connectivity index is 2.57. The zero-order valence-electron chi connectivity index (χ0n) is 10.1. The fourth-order valence-corrected chi connectivity index (χ4v) is 2.18. The molecule has 15 heavy (non-hydrogen) atoms. The molecule has 1 aromatic rings. The molecule has 0 saturated carbocycles. The minimum Gasteiger partial charge on any atom is -0.466 e. The first kappa shape index (κ1) is 13.0. The highest BCUT2D eigenvalue weighted by atomic mass is 79.9. The molecule has 2 nitrogen and oxygen atoms in total. The van der Waals surface area contributed by atoms with Gasteiger partial charge in [0, 0.05) is 0 Å². The molecule has 0 radical (unpaired) electrons. The zero-order chi connectivity index (χ0) is 11.7. The topological polar surface area (TPSA) is 22.4 Å². The van der Waals surface area contributed by atoms with Gasteiger partial charge in [-0.2, -0.15) is 0 Å².